The number of carbonyl (C=O) groups excluding carboxylic acids is 1. The fourth-order valence-electron chi connectivity index (χ4n) is 10.9. The molecule has 0 aliphatic carbocycles. The van der Waals surface area contributed by atoms with Crippen molar-refractivity contribution in [2.45, 2.75) is 209 Å². The van der Waals surface area contributed by atoms with E-state index in [1.165, 1.54) is 43.0 Å². The Hall–Kier alpha value is -2.94. The molecule has 3 fully saturated rings. The van der Waals surface area contributed by atoms with Gasteiger partial charge in [-0.05, 0) is 112 Å². The number of aliphatic hydroxyl groups is 6. The normalized spacial score (nSPS) is 39.4. The zero-order valence-corrected chi connectivity index (χ0v) is 46.2. The van der Waals surface area contributed by atoms with Crippen molar-refractivity contribution in [2.75, 3.05) is 47.2 Å². The predicted molar refractivity (Wildman–Crippen MR) is 268 cm³/mol. The Morgan fingerprint density at radius 1 is 0.973 bits per heavy atom. The molecule has 0 radical (unpaired) electrons. The van der Waals surface area contributed by atoms with E-state index in [0.29, 0.717) is 37.4 Å². The first-order valence-electron chi connectivity index (χ1n) is 25.7. The second-order valence-corrected chi connectivity index (χ2v) is 24.1. The third kappa shape index (κ3) is 15.2. The summed E-state index contributed by atoms with van der Waals surface area (Å²) in [6, 6.07) is 4.87. The van der Waals surface area contributed by atoms with Crippen LogP contribution in [0.4, 0.5) is 0 Å². The van der Waals surface area contributed by atoms with E-state index in [1.807, 2.05) is 37.7 Å². The number of rotatable bonds is 16. The zero-order chi connectivity index (χ0) is 54.5. The lowest BCUT2D eigenvalue weighted by Crippen LogP contribution is -2.61. The van der Waals surface area contributed by atoms with Crippen LogP contribution in [0.5, 0.6) is 5.75 Å². The molecular weight excluding hydrogens is 971 g/mol. The molecule has 5 rings (SSSR count). The molecule has 3 aliphatic rings. The number of ether oxygens (including phenoxy) is 7. The highest BCUT2D eigenvalue weighted by Gasteiger charge is 2.53. The molecule has 0 bridgehead atoms. The first kappa shape index (κ1) is 60.9. The van der Waals surface area contributed by atoms with Gasteiger partial charge in [0.05, 0.1) is 58.7 Å². The van der Waals surface area contributed by atoms with Gasteiger partial charge in [-0.2, -0.15) is 0 Å². The smallest absolute Gasteiger partial charge is 0.311 e. The highest BCUT2D eigenvalue weighted by Crippen LogP contribution is 2.40. The van der Waals surface area contributed by atoms with Crippen molar-refractivity contribution in [1.82, 2.24) is 24.8 Å². The summed E-state index contributed by atoms with van der Waals surface area (Å²) in [7, 11) is 1.84. The van der Waals surface area contributed by atoms with E-state index >= 15 is 0 Å². The molecule has 2 aromatic rings. The molecule has 21 nitrogen and oxygen atoms in total. The molecule has 0 saturated carbocycles. The SMILES string of the molecule is CC[C@H]1OC(=O)[C@H](C)[C@@H](O[C@H]2C[C@@](C)(OC)[C@@H](O)[C@H](C)O2)[C@H](C)[C@@H](O[C@@H]2O[C@H](C)C[C@H](N(C)CCc3cn(C[C@@H](O)COc4ccc(S(C)(=O)=O)cc4)nn3)[C@H]2O)[C@](C)(O)C[C@@H](C)CN(C)[C@H](C)[C@@H](O)[C@]1(C)O. The van der Waals surface area contributed by atoms with Gasteiger partial charge in [0.2, 0.25) is 0 Å². The van der Waals surface area contributed by atoms with Crippen LogP contribution >= 0.6 is 0 Å². The average molecular weight is 1060 g/mol. The van der Waals surface area contributed by atoms with Crippen LogP contribution in [0.3, 0.4) is 0 Å². The largest absolute Gasteiger partial charge is 0.491 e. The van der Waals surface area contributed by atoms with E-state index in [2.05, 4.69) is 10.3 Å². The van der Waals surface area contributed by atoms with Gasteiger partial charge in [0, 0.05) is 63.5 Å². The Morgan fingerprint density at radius 2 is 1.63 bits per heavy atom. The molecule has 3 aliphatic heterocycles. The molecule has 3 saturated heterocycles. The number of likely N-dealkylation sites (N-methyl/N-ethyl adjacent to an activating group) is 2. The summed E-state index contributed by atoms with van der Waals surface area (Å²) in [5.41, 5.74) is -3.95. The van der Waals surface area contributed by atoms with Crippen molar-refractivity contribution < 1.29 is 77.0 Å². The van der Waals surface area contributed by atoms with Gasteiger partial charge in [0.15, 0.2) is 22.4 Å². The van der Waals surface area contributed by atoms with Crippen LogP contribution in [-0.2, 0) is 56.0 Å². The molecule has 0 spiro atoms. The minimum absolute atomic E-state index is 0.0647. The second-order valence-electron chi connectivity index (χ2n) is 22.1. The number of aromatic nitrogens is 3. The van der Waals surface area contributed by atoms with Crippen molar-refractivity contribution in [3.05, 3.63) is 36.2 Å². The van der Waals surface area contributed by atoms with E-state index in [1.54, 1.807) is 54.7 Å². The Kier molecular flexibility index (Phi) is 20.9. The number of hydrogen-bond acceptors (Lipinski definition) is 20. The monoisotopic (exact) mass is 1060 g/mol. The Labute approximate surface area is 432 Å². The van der Waals surface area contributed by atoms with Crippen LogP contribution in [0.1, 0.15) is 101 Å². The van der Waals surface area contributed by atoms with Crippen LogP contribution in [0.15, 0.2) is 35.4 Å². The van der Waals surface area contributed by atoms with Gasteiger partial charge in [0.25, 0.3) is 0 Å². The summed E-state index contributed by atoms with van der Waals surface area (Å²) < 4.78 is 68.9. The Bertz CT molecular complexity index is 2170. The van der Waals surface area contributed by atoms with Crippen molar-refractivity contribution in [2.24, 2.45) is 17.8 Å². The average Bonchev–Trinajstić information content (AvgIpc) is 3.77. The van der Waals surface area contributed by atoms with Crippen molar-refractivity contribution >= 4 is 15.8 Å². The number of methoxy groups -OCH3 is 1. The number of sulfone groups is 1. The molecule has 19 atom stereocenters. The molecule has 73 heavy (non-hydrogen) atoms. The van der Waals surface area contributed by atoms with E-state index in [4.69, 9.17) is 33.2 Å². The maximum absolute atomic E-state index is 14.5. The van der Waals surface area contributed by atoms with E-state index in [0.717, 1.165) is 6.26 Å². The van der Waals surface area contributed by atoms with Gasteiger partial charge in [-0.25, -0.2) is 13.1 Å². The van der Waals surface area contributed by atoms with Gasteiger partial charge < -0.3 is 73.6 Å². The molecule has 0 unspecified atom stereocenters. The van der Waals surface area contributed by atoms with Gasteiger partial charge in [0.1, 0.15) is 48.5 Å². The summed E-state index contributed by atoms with van der Waals surface area (Å²) >= 11 is 0. The minimum atomic E-state index is -3.35. The second kappa shape index (κ2) is 25.0. The van der Waals surface area contributed by atoms with Gasteiger partial charge in [-0.3, -0.25) is 4.79 Å². The number of carbonyl (C=O) groups is 1. The maximum atomic E-state index is 14.5. The summed E-state index contributed by atoms with van der Waals surface area (Å²) in [6.45, 7) is 18.2. The van der Waals surface area contributed by atoms with Crippen LogP contribution in [0, 0.1) is 17.8 Å². The maximum Gasteiger partial charge on any atom is 0.311 e. The molecular formula is C51H87N5O16S. The van der Waals surface area contributed by atoms with Crippen molar-refractivity contribution in [1.29, 1.82) is 0 Å². The van der Waals surface area contributed by atoms with Crippen molar-refractivity contribution in [3.63, 3.8) is 0 Å². The Morgan fingerprint density at radius 3 is 2.25 bits per heavy atom. The number of esters is 1. The fourth-order valence-corrected chi connectivity index (χ4v) is 11.5. The summed E-state index contributed by atoms with van der Waals surface area (Å²) in [5, 5.41) is 78.8. The first-order chi connectivity index (χ1) is 33.9. The topological polar surface area (TPSA) is 274 Å². The number of aliphatic hydroxyl groups excluding tert-OH is 4. The highest BCUT2D eigenvalue weighted by atomic mass is 32.2. The van der Waals surface area contributed by atoms with Crippen LogP contribution in [0.25, 0.3) is 0 Å². The predicted octanol–water partition coefficient (Wildman–Crippen LogP) is 1.95. The number of cyclic esters (lactones) is 1. The van der Waals surface area contributed by atoms with Crippen molar-refractivity contribution in [3.8, 4) is 5.75 Å². The molecule has 22 heteroatoms. The molecule has 4 heterocycles. The standard InChI is InChI=1S/C51H87N5O16S/c1-15-40-51(10,63)44(59)33(6)55(12)25-29(2)23-49(8,62)46(31(4)43(32(5)47(61)70-40)71-41-24-50(9,66-13)45(60)34(7)69-41)72-48-42(58)39(22-30(3)68-48)54(11)21-20-35-26-56(53-52-35)27-36(57)28-67-37-16-18-38(19-17-37)73(14,64)65/h16-19,26,29-34,36,39-46,48,57-60,62-63H,15,20-25,27-28H2,1-14H3/t29-,30-,31+,32-,33-,34+,36-,39+,40-,41+,42-,43+,44-,45+,46-,48+,49-,50-,51-/m1/s1. The lowest BCUT2D eigenvalue weighted by Gasteiger charge is -2.49. The quantitative estimate of drug-likeness (QED) is 0.131. The van der Waals surface area contributed by atoms with Gasteiger partial charge in [-0.1, -0.05) is 26.0 Å². The highest BCUT2D eigenvalue weighted by molar-refractivity contribution is 7.90. The molecule has 1 aromatic heterocycles. The summed E-state index contributed by atoms with van der Waals surface area (Å²) in [4.78, 5) is 18.5. The van der Waals surface area contributed by atoms with Gasteiger partial charge >= 0.3 is 5.97 Å². The number of benzene rings is 1. The lowest BCUT2D eigenvalue weighted by atomic mass is 9.77. The van der Waals surface area contributed by atoms with E-state index in [-0.39, 0.29) is 43.2 Å². The van der Waals surface area contributed by atoms with E-state index < -0.39 is 124 Å². The summed E-state index contributed by atoms with van der Waals surface area (Å²) in [6.07, 6.45) is -7.11. The van der Waals surface area contributed by atoms with Crippen LogP contribution in [-0.4, -0.2) is 213 Å². The molecule has 418 valence electrons. The number of nitrogens with zero attached hydrogens (tertiary/aromatic N) is 5. The molecule has 6 N–H and O–H groups in total. The number of hydrogen-bond donors (Lipinski definition) is 6. The van der Waals surface area contributed by atoms with Gasteiger partial charge in [-0.15, -0.1) is 5.10 Å². The fraction of sp³-hybridized carbons (Fsp3) is 0.824. The first-order valence-corrected chi connectivity index (χ1v) is 27.6. The molecule has 1 aromatic carbocycles. The molecule has 0 amide bonds. The lowest BCUT2D eigenvalue weighted by molar-refractivity contribution is -0.318. The zero-order valence-electron chi connectivity index (χ0n) is 45.4. The van der Waals surface area contributed by atoms with Crippen LogP contribution < -0.4 is 4.74 Å². The minimum Gasteiger partial charge on any atom is -0.491 e. The Balaban J connectivity index is 1.38. The third-order valence-corrected chi connectivity index (χ3v) is 16.6. The van der Waals surface area contributed by atoms with E-state index in [9.17, 15) is 43.9 Å². The van der Waals surface area contributed by atoms with Crippen LogP contribution in [0.2, 0.25) is 0 Å². The summed E-state index contributed by atoms with van der Waals surface area (Å²) in [5.74, 6) is -2.47. The third-order valence-electron chi connectivity index (χ3n) is 15.5.